The third-order valence-electron chi connectivity index (χ3n) is 2.57. The van der Waals surface area contributed by atoms with E-state index in [1.54, 1.807) is 4.68 Å². The Balaban J connectivity index is 1.90. The summed E-state index contributed by atoms with van der Waals surface area (Å²) < 4.78 is 14.7. The highest BCUT2D eigenvalue weighted by Crippen LogP contribution is 2.20. The van der Waals surface area contributed by atoms with E-state index in [0.717, 1.165) is 0 Å². The molecular weight excluding hydrogens is 329 g/mol. The zero-order valence-corrected chi connectivity index (χ0v) is 13.7. The number of tetrazole rings is 1. The fraction of sp³-hybridized carbons (Fsp3) is 0.385. The summed E-state index contributed by atoms with van der Waals surface area (Å²) in [6.07, 6.45) is 0. The van der Waals surface area contributed by atoms with Crippen LogP contribution in [0.5, 0.6) is 0 Å². The molecule has 0 fully saturated rings. The number of carbonyl (C=O) groups is 1. The molecule has 1 N–H and O–H groups in total. The Morgan fingerprint density at radius 2 is 2.27 bits per heavy atom. The van der Waals surface area contributed by atoms with Crippen LogP contribution in [-0.4, -0.2) is 31.9 Å². The normalized spacial score (nSPS) is 11.0. The van der Waals surface area contributed by atoms with Crippen LogP contribution >= 0.6 is 23.4 Å². The molecule has 9 heteroatoms. The van der Waals surface area contributed by atoms with Gasteiger partial charge in [0.15, 0.2) is 0 Å². The number of hydrogen-bond donors (Lipinski definition) is 1. The van der Waals surface area contributed by atoms with Crippen LogP contribution < -0.4 is 5.32 Å². The molecule has 6 nitrogen and oxygen atoms in total. The van der Waals surface area contributed by atoms with Crippen LogP contribution in [0.1, 0.15) is 13.8 Å². The van der Waals surface area contributed by atoms with Crippen molar-refractivity contribution in [2.45, 2.75) is 25.5 Å². The van der Waals surface area contributed by atoms with Gasteiger partial charge in [0.2, 0.25) is 11.1 Å². The standard InChI is InChI=1S/C13H15ClFN5OS/c1-8(2)6-20-13(17-18-19-20)22-7-12(21)16-9-3-4-11(15)10(14)5-9/h3-5,8H,6-7H2,1-2H3,(H,16,21). The van der Waals surface area contributed by atoms with E-state index in [1.807, 2.05) is 0 Å². The van der Waals surface area contributed by atoms with E-state index in [4.69, 9.17) is 11.6 Å². The SMILES string of the molecule is CC(C)Cn1nnnc1SCC(=O)Nc1ccc(F)c(Cl)c1. The maximum Gasteiger partial charge on any atom is 0.234 e. The van der Waals surface area contributed by atoms with Gasteiger partial charge in [0.05, 0.1) is 10.8 Å². The Labute approximate surface area is 136 Å². The summed E-state index contributed by atoms with van der Waals surface area (Å²) in [7, 11) is 0. The van der Waals surface area contributed by atoms with E-state index in [2.05, 4.69) is 34.7 Å². The van der Waals surface area contributed by atoms with E-state index in [0.29, 0.717) is 23.3 Å². The minimum absolute atomic E-state index is 0.0358. The van der Waals surface area contributed by atoms with Gasteiger partial charge in [0.1, 0.15) is 5.82 Å². The Bertz CT molecular complexity index is 664. The maximum atomic E-state index is 13.0. The molecule has 22 heavy (non-hydrogen) atoms. The number of nitrogens with one attached hydrogen (secondary N) is 1. The van der Waals surface area contributed by atoms with E-state index in [-0.39, 0.29) is 16.7 Å². The second kappa shape index (κ2) is 7.55. The topological polar surface area (TPSA) is 72.7 Å². The van der Waals surface area contributed by atoms with Gasteiger partial charge in [-0.15, -0.1) is 5.10 Å². The first-order valence-corrected chi connectivity index (χ1v) is 7.96. The summed E-state index contributed by atoms with van der Waals surface area (Å²) in [5, 5.41) is 14.6. The van der Waals surface area contributed by atoms with E-state index in [9.17, 15) is 9.18 Å². The van der Waals surface area contributed by atoms with Gasteiger partial charge in [-0.25, -0.2) is 9.07 Å². The average molecular weight is 344 g/mol. The summed E-state index contributed by atoms with van der Waals surface area (Å²) >= 11 is 6.90. The van der Waals surface area contributed by atoms with Gasteiger partial charge < -0.3 is 5.32 Å². The summed E-state index contributed by atoms with van der Waals surface area (Å²) in [6, 6.07) is 4.02. The van der Waals surface area contributed by atoms with Crippen molar-refractivity contribution < 1.29 is 9.18 Å². The fourth-order valence-electron chi connectivity index (χ4n) is 1.66. The van der Waals surface area contributed by atoms with Crippen molar-refractivity contribution >= 4 is 35.0 Å². The summed E-state index contributed by atoms with van der Waals surface area (Å²) in [4.78, 5) is 11.9. The summed E-state index contributed by atoms with van der Waals surface area (Å²) in [5.41, 5.74) is 0.443. The third-order valence-corrected chi connectivity index (χ3v) is 3.82. The largest absolute Gasteiger partial charge is 0.325 e. The zero-order valence-electron chi connectivity index (χ0n) is 12.1. The van der Waals surface area contributed by atoms with Crippen LogP contribution in [0.4, 0.5) is 10.1 Å². The van der Waals surface area contributed by atoms with Crippen molar-refractivity contribution in [2.75, 3.05) is 11.1 Å². The highest BCUT2D eigenvalue weighted by atomic mass is 35.5. The Morgan fingerprint density at radius 3 is 2.95 bits per heavy atom. The molecule has 0 aliphatic carbocycles. The molecule has 0 saturated carbocycles. The Morgan fingerprint density at radius 1 is 1.50 bits per heavy atom. The van der Waals surface area contributed by atoms with Gasteiger partial charge >= 0.3 is 0 Å². The first-order valence-electron chi connectivity index (χ1n) is 6.59. The fourth-order valence-corrected chi connectivity index (χ4v) is 2.53. The molecule has 2 aromatic rings. The predicted octanol–water partition coefficient (Wildman–Crippen LogP) is 2.85. The molecule has 0 saturated heterocycles. The van der Waals surface area contributed by atoms with Crippen LogP contribution in [-0.2, 0) is 11.3 Å². The van der Waals surface area contributed by atoms with Crippen LogP contribution in [0, 0.1) is 11.7 Å². The lowest BCUT2D eigenvalue weighted by Gasteiger charge is -2.07. The monoisotopic (exact) mass is 343 g/mol. The van der Waals surface area contributed by atoms with Gasteiger partial charge in [-0.2, -0.15) is 0 Å². The molecule has 118 valence electrons. The number of halogens is 2. The number of carbonyl (C=O) groups excluding carboxylic acids is 1. The smallest absolute Gasteiger partial charge is 0.234 e. The number of nitrogens with zero attached hydrogens (tertiary/aromatic N) is 4. The maximum absolute atomic E-state index is 13.0. The van der Waals surface area contributed by atoms with Gasteiger partial charge in [-0.05, 0) is 34.5 Å². The van der Waals surface area contributed by atoms with E-state index < -0.39 is 5.82 Å². The molecule has 1 aromatic carbocycles. The molecule has 0 spiro atoms. The van der Waals surface area contributed by atoms with Gasteiger partial charge in [0.25, 0.3) is 0 Å². The number of rotatable bonds is 6. The van der Waals surface area contributed by atoms with Gasteiger partial charge in [0, 0.05) is 12.2 Å². The second-order valence-corrected chi connectivity index (χ2v) is 6.35. The molecule has 1 heterocycles. The number of benzene rings is 1. The van der Waals surface area contributed by atoms with Crippen LogP contribution in [0.3, 0.4) is 0 Å². The molecule has 0 unspecified atom stereocenters. The number of anilines is 1. The van der Waals surface area contributed by atoms with Crippen LogP contribution in [0.15, 0.2) is 23.4 Å². The van der Waals surface area contributed by atoms with Crippen molar-refractivity contribution in [1.82, 2.24) is 20.2 Å². The highest BCUT2D eigenvalue weighted by Gasteiger charge is 2.11. The molecule has 0 radical (unpaired) electrons. The minimum atomic E-state index is -0.526. The molecule has 0 bridgehead atoms. The Kier molecular flexibility index (Phi) is 5.73. The first kappa shape index (κ1) is 16.7. The molecule has 0 atom stereocenters. The molecule has 2 rings (SSSR count). The molecule has 0 aliphatic rings. The minimum Gasteiger partial charge on any atom is -0.325 e. The number of amides is 1. The lowest BCUT2D eigenvalue weighted by molar-refractivity contribution is -0.113. The predicted molar refractivity (Wildman–Crippen MR) is 83.4 cm³/mol. The van der Waals surface area contributed by atoms with Crippen molar-refractivity contribution in [1.29, 1.82) is 0 Å². The second-order valence-electron chi connectivity index (χ2n) is 5.00. The highest BCUT2D eigenvalue weighted by molar-refractivity contribution is 7.99. The first-order chi connectivity index (χ1) is 10.5. The number of hydrogen-bond acceptors (Lipinski definition) is 5. The number of thioether (sulfide) groups is 1. The number of aromatic nitrogens is 4. The van der Waals surface area contributed by atoms with Crippen LogP contribution in [0.25, 0.3) is 0 Å². The lowest BCUT2D eigenvalue weighted by Crippen LogP contribution is -2.15. The quantitative estimate of drug-likeness (QED) is 0.816. The van der Waals surface area contributed by atoms with E-state index in [1.165, 1.54) is 30.0 Å². The average Bonchev–Trinajstić information content (AvgIpc) is 2.87. The lowest BCUT2D eigenvalue weighted by atomic mass is 10.2. The zero-order chi connectivity index (χ0) is 16.1. The van der Waals surface area contributed by atoms with Crippen molar-refractivity contribution in [3.05, 3.63) is 29.0 Å². The van der Waals surface area contributed by atoms with Crippen molar-refractivity contribution in [2.24, 2.45) is 5.92 Å². The molecule has 1 amide bonds. The summed E-state index contributed by atoms with van der Waals surface area (Å²) in [6.45, 7) is 4.80. The van der Waals surface area contributed by atoms with E-state index >= 15 is 0 Å². The van der Waals surface area contributed by atoms with Gasteiger partial charge in [-0.1, -0.05) is 37.2 Å². The van der Waals surface area contributed by atoms with Crippen molar-refractivity contribution in [3.8, 4) is 0 Å². The molecular formula is C13H15ClFN5OS. The molecule has 1 aromatic heterocycles. The van der Waals surface area contributed by atoms with Crippen molar-refractivity contribution in [3.63, 3.8) is 0 Å². The summed E-state index contributed by atoms with van der Waals surface area (Å²) in [5.74, 6) is -0.222. The van der Waals surface area contributed by atoms with Gasteiger partial charge in [-0.3, -0.25) is 4.79 Å². The molecule has 0 aliphatic heterocycles. The third kappa shape index (κ3) is 4.67. The Hall–Kier alpha value is -1.67. The van der Waals surface area contributed by atoms with Crippen LogP contribution in [0.2, 0.25) is 5.02 Å².